The highest BCUT2D eigenvalue weighted by Gasteiger charge is 2.35. The minimum absolute atomic E-state index is 0. The van der Waals surface area contributed by atoms with E-state index in [4.69, 9.17) is 0 Å². The summed E-state index contributed by atoms with van der Waals surface area (Å²) < 4.78 is 42.9. The van der Waals surface area contributed by atoms with E-state index in [0.717, 1.165) is 17.8 Å². The van der Waals surface area contributed by atoms with Gasteiger partial charge in [-0.15, -0.1) is 12.4 Å². The van der Waals surface area contributed by atoms with E-state index >= 15 is 0 Å². The first-order valence-corrected chi connectivity index (χ1v) is 11.5. The second-order valence-corrected chi connectivity index (χ2v) is 9.72. The predicted octanol–water partition coefficient (Wildman–Crippen LogP) is 6.08. The van der Waals surface area contributed by atoms with E-state index in [1.807, 2.05) is 19.1 Å². The lowest BCUT2D eigenvalue weighted by molar-refractivity contribution is -0.138. The summed E-state index contributed by atoms with van der Waals surface area (Å²) in [5, 5.41) is 10.2. The molecule has 7 nitrogen and oxygen atoms in total. The number of hydrogen-bond donors (Lipinski definition) is 2. The van der Waals surface area contributed by atoms with E-state index in [-0.39, 0.29) is 24.9 Å². The van der Waals surface area contributed by atoms with Gasteiger partial charge in [-0.3, -0.25) is 14.6 Å². The van der Waals surface area contributed by atoms with Gasteiger partial charge in [0.15, 0.2) is 0 Å². The second kappa shape index (κ2) is 10.8. The Labute approximate surface area is 223 Å². The van der Waals surface area contributed by atoms with E-state index in [0.29, 0.717) is 27.8 Å². The topological polar surface area (TPSA) is 88.9 Å². The maximum atomic E-state index is 13.8. The summed E-state index contributed by atoms with van der Waals surface area (Å²) in [5.41, 5.74) is 0.609. The van der Waals surface area contributed by atoms with Crippen LogP contribution in [0.4, 0.5) is 18.9 Å². The highest BCUT2D eigenvalue weighted by atomic mass is 35.5. The van der Waals surface area contributed by atoms with Crippen LogP contribution in [0.15, 0.2) is 60.9 Å². The number of carbonyl (C=O) groups is 2. The van der Waals surface area contributed by atoms with Crippen LogP contribution in [0.3, 0.4) is 0 Å². The summed E-state index contributed by atoms with van der Waals surface area (Å²) in [6.45, 7) is 7.03. The number of nitrogens with zero attached hydrogens (tertiary/aromatic N) is 3. The van der Waals surface area contributed by atoms with Crippen molar-refractivity contribution in [3.63, 3.8) is 0 Å². The number of pyridine rings is 1. The minimum Gasteiger partial charge on any atom is -0.352 e. The molecule has 200 valence electrons. The van der Waals surface area contributed by atoms with Crippen LogP contribution in [0.2, 0.25) is 0 Å². The lowest BCUT2D eigenvalue weighted by Crippen LogP contribution is -2.34. The first kappa shape index (κ1) is 28.6. The van der Waals surface area contributed by atoms with Crippen LogP contribution >= 0.6 is 12.4 Å². The average molecular weight is 546 g/mol. The zero-order valence-corrected chi connectivity index (χ0v) is 22.0. The Kier molecular flexibility index (Phi) is 8.16. The molecule has 0 aliphatic rings. The lowest BCUT2D eigenvalue weighted by atomic mass is 9.95. The third kappa shape index (κ3) is 6.13. The average Bonchev–Trinajstić information content (AvgIpc) is 3.27. The molecule has 0 unspecified atom stereocenters. The number of fused-ring (bicyclic) bond motifs is 1. The molecular formula is C27H27ClF3N5O2. The van der Waals surface area contributed by atoms with Crippen molar-refractivity contribution in [1.82, 2.24) is 20.1 Å². The Bertz CT molecular complexity index is 1480. The fourth-order valence-electron chi connectivity index (χ4n) is 3.72. The molecule has 2 heterocycles. The molecule has 2 aromatic carbocycles. The summed E-state index contributed by atoms with van der Waals surface area (Å²) in [6.07, 6.45) is -1.55. The van der Waals surface area contributed by atoms with E-state index in [2.05, 4.69) is 20.7 Å². The number of carbonyl (C=O) groups excluding carboxylic acids is 2. The Morgan fingerprint density at radius 3 is 2.37 bits per heavy atom. The standard InChI is InChI=1S/C27H26F3N5O2.ClH/c1-16-8-10-18(14-31-16)35-23-7-5-6-22(20(23)15-33-35)34-24(36)19-12-17(9-11-21(19)27(28,29)30)13-32-25(37)26(2,3)4;/h5-12,14-15H,13H2,1-4H3,(H,32,37)(H,34,36);1H. The summed E-state index contributed by atoms with van der Waals surface area (Å²) in [7, 11) is 0. The van der Waals surface area contributed by atoms with Crippen molar-refractivity contribution in [2.24, 2.45) is 5.41 Å². The van der Waals surface area contributed by atoms with Crippen molar-refractivity contribution in [2.75, 3.05) is 5.32 Å². The van der Waals surface area contributed by atoms with Crippen LogP contribution in [0.5, 0.6) is 0 Å². The molecular weight excluding hydrogens is 519 g/mol. The van der Waals surface area contributed by atoms with Crippen LogP contribution in [0.25, 0.3) is 16.6 Å². The third-order valence-electron chi connectivity index (χ3n) is 5.77. The molecule has 0 aliphatic heterocycles. The second-order valence-electron chi connectivity index (χ2n) is 9.72. The molecule has 2 amide bonds. The quantitative estimate of drug-likeness (QED) is 0.318. The van der Waals surface area contributed by atoms with Gasteiger partial charge >= 0.3 is 6.18 Å². The number of hydrogen-bond acceptors (Lipinski definition) is 4. The van der Waals surface area contributed by atoms with Crippen LogP contribution in [0.1, 0.15) is 48.0 Å². The summed E-state index contributed by atoms with van der Waals surface area (Å²) >= 11 is 0. The van der Waals surface area contributed by atoms with E-state index in [9.17, 15) is 22.8 Å². The third-order valence-corrected chi connectivity index (χ3v) is 5.77. The van der Waals surface area contributed by atoms with Gasteiger partial charge in [-0.1, -0.05) is 32.9 Å². The zero-order valence-electron chi connectivity index (χ0n) is 21.2. The SMILES string of the molecule is Cc1ccc(-n2ncc3c(NC(=O)c4cc(CNC(=O)C(C)(C)C)ccc4C(F)(F)F)cccc32)cn1.Cl. The van der Waals surface area contributed by atoms with Gasteiger partial charge in [-0.2, -0.15) is 18.3 Å². The normalized spacial score (nSPS) is 11.7. The van der Waals surface area contributed by atoms with Crippen LogP contribution in [-0.4, -0.2) is 26.6 Å². The molecule has 0 bridgehead atoms. The van der Waals surface area contributed by atoms with Crippen molar-refractivity contribution < 1.29 is 22.8 Å². The summed E-state index contributed by atoms with van der Waals surface area (Å²) in [6, 6.07) is 12.0. The molecule has 2 aromatic heterocycles. The molecule has 11 heteroatoms. The van der Waals surface area contributed by atoms with Gasteiger partial charge in [0.1, 0.15) is 0 Å². The predicted molar refractivity (Wildman–Crippen MR) is 142 cm³/mol. The first-order chi connectivity index (χ1) is 17.3. The number of amides is 2. The molecule has 0 saturated heterocycles. The van der Waals surface area contributed by atoms with Gasteiger partial charge in [-0.05, 0) is 48.9 Å². The molecule has 0 radical (unpaired) electrons. The molecule has 0 atom stereocenters. The number of aryl methyl sites for hydroxylation is 1. The monoisotopic (exact) mass is 545 g/mol. The largest absolute Gasteiger partial charge is 0.417 e. The number of benzene rings is 2. The maximum absolute atomic E-state index is 13.8. The van der Waals surface area contributed by atoms with Crippen molar-refractivity contribution in [1.29, 1.82) is 0 Å². The molecule has 0 fully saturated rings. The van der Waals surface area contributed by atoms with E-state index in [1.54, 1.807) is 49.8 Å². The molecule has 4 aromatic rings. The Balaban J connectivity index is 0.00000400. The van der Waals surface area contributed by atoms with Crippen LogP contribution in [-0.2, 0) is 17.5 Å². The van der Waals surface area contributed by atoms with E-state index < -0.39 is 28.6 Å². The van der Waals surface area contributed by atoms with Gasteiger partial charge < -0.3 is 10.6 Å². The Hall–Kier alpha value is -3.92. The number of alkyl halides is 3. The van der Waals surface area contributed by atoms with Crippen LogP contribution in [0, 0.1) is 12.3 Å². The van der Waals surface area contributed by atoms with Gasteiger partial charge in [-0.25, -0.2) is 4.68 Å². The first-order valence-electron chi connectivity index (χ1n) is 11.5. The fourth-order valence-corrected chi connectivity index (χ4v) is 3.72. The Morgan fingerprint density at radius 1 is 1.00 bits per heavy atom. The number of anilines is 1. The molecule has 0 saturated carbocycles. The zero-order chi connectivity index (χ0) is 27.0. The van der Waals surface area contributed by atoms with Gasteiger partial charge in [0.25, 0.3) is 5.91 Å². The highest BCUT2D eigenvalue weighted by Crippen LogP contribution is 2.34. The van der Waals surface area contributed by atoms with Crippen molar-refractivity contribution in [2.45, 2.75) is 40.4 Å². The summed E-state index contributed by atoms with van der Waals surface area (Å²) in [5.74, 6) is -1.18. The smallest absolute Gasteiger partial charge is 0.352 e. The molecule has 4 rings (SSSR count). The maximum Gasteiger partial charge on any atom is 0.417 e. The van der Waals surface area contributed by atoms with Gasteiger partial charge in [0, 0.05) is 23.0 Å². The Morgan fingerprint density at radius 2 is 1.74 bits per heavy atom. The minimum atomic E-state index is -4.74. The molecule has 0 aliphatic carbocycles. The fraction of sp³-hybridized carbons (Fsp3) is 0.259. The molecule has 38 heavy (non-hydrogen) atoms. The number of nitrogens with one attached hydrogen (secondary N) is 2. The summed E-state index contributed by atoms with van der Waals surface area (Å²) in [4.78, 5) is 29.6. The van der Waals surface area contributed by atoms with Crippen molar-refractivity contribution in [3.05, 3.63) is 83.3 Å². The van der Waals surface area contributed by atoms with Crippen LogP contribution < -0.4 is 10.6 Å². The lowest BCUT2D eigenvalue weighted by Gasteiger charge is -2.19. The number of halogens is 4. The van der Waals surface area contributed by atoms with E-state index in [1.165, 1.54) is 12.3 Å². The molecule has 0 spiro atoms. The molecule has 2 N–H and O–H groups in total. The van der Waals surface area contributed by atoms with Gasteiger partial charge in [0.05, 0.1) is 40.4 Å². The highest BCUT2D eigenvalue weighted by molar-refractivity contribution is 6.09. The number of rotatable bonds is 5. The van der Waals surface area contributed by atoms with Crippen molar-refractivity contribution >= 4 is 40.8 Å². The number of aromatic nitrogens is 3. The van der Waals surface area contributed by atoms with Gasteiger partial charge in [0.2, 0.25) is 5.91 Å². The van der Waals surface area contributed by atoms with Crippen molar-refractivity contribution in [3.8, 4) is 5.69 Å².